The number of amides is 4. The number of ether oxygens (including phenoxy) is 1. The molecule has 2 N–H and O–H groups in total. The van der Waals surface area contributed by atoms with Crippen LogP contribution in [0, 0.1) is 11.3 Å². The van der Waals surface area contributed by atoms with Crippen molar-refractivity contribution in [2.75, 3.05) is 38.1 Å². The fourth-order valence-electron chi connectivity index (χ4n) is 5.46. The topological polar surface area (TPSA) is 91.0 Å². The molecule has 3 rings (SSSR count). The lowest BCUT2D eigenvalue weighted by molar-refractivity contribution is -0.136. The first-order chi connectivity index (χ1) is 15.6. The van der Waals surface area contributed by atoms with E-state index in [4.69, 9.17) is 4.74 Å². The highest BCUT2D eigenvalue weighted by atomic mass is 16.5. The van der Waals surface area contributed by atoms with Gasteiger partial charge in [0.2, 0.25) is 5.91 Å². The molecule has 1 saturated heterocycles. The standard InChI is InChI=1S/C25H38N4O4/c1-6-28(7-2)12-13-33-20-10-8-19(9-11-20)26-21(30)16-29-22(31)25(27-23(29)32)15-18(3)14-24(4,5)17-25/h8-11,18H,6-7,12-17H2,1-5H3,(H,26,30)(H,27,32). The molecule has 2 fully saturated rings. The maximum absolute atomic E-state index is 13.2. The van der Waals surface area contributed by atoms with E-state index in [-0.39, 0.29) is 17.9 Å². The van der Waals surface area contributed by atoms with Crippen molar-refractivity contribution in [2.24, 2.45) is 11.3 Å². The van der Waals surface area contributed by atoms with Gasteiger partial charge in [-0.25, -0.2) is 4.79 Å². The molecule has 33 heavy (non-hydrogen) atoms. The SMILES string of the molecule is CCN(CC)CCOc1ccc(NC(=O)CN2C(=O)NC3(CC(C)CC(C)(C)C3)C2=O)cc1. The molecule has 2 aliphatic rings. The van der Waals surface area contributed by atoms with Crippen molar-refractivity contribution < 1.29 is 19.1 Å². The normalized spacial score (nSPS) is 24.3. The van der Waals surface area contributed by atoms with Crippen molar-refractivity contribution >= 4 is 23.5 Å². The largest absolute Gasteiger partial charge is 0.492 e. The van der Waals surface area contributed by atoms with E-state index in [1.54, 1.807) is 24.3 Å². The molecule has 1 saturated carbocycles. The number of nitrogens with one attached hydrogen (secondary N) is 2. The van der Waals surface area contributed by atoms with Crippen molar-refractivity contribution in [2.45, 2.75) is 59.4 Å². The third-order valence-corrected chi connectivity index (χ3v) is 6.63. The summed E-state index contributed by atoms with van der Waals surface area (Å²) in [6.07, 6.45) is 2.20. The van der Waals surface area contributed by atoms with Gasteiger partial charge in [-0.05, 0) is 68.0 Å². The van der Waals surface area contributed by atoms with E-state index >= 15 is 0 Å². The Balaban J connectivity index is 1.54. The third-order valence-electron chi connectivity index (χ3n) is 6.63. The molecule has 0 aromatic heterocycles. The minimum absolute atomic E-state index is 0.0476. The van der Waals surface area contributed by atoms with E-state index < -0.39 is 17.5 Å². The van der Waals surface area contributed by atoms with Crippen LogP contribution in [0.25, 0.3) is 0 Å². The molecule has 2 unspecified atom stereocenters. The molecule has 4 amide bonds. The van der Waals surface area contributed by atoms with E-state index in [2.05, 4.69) is 50.2 Å². The van der Waals surface area contributed by atoms with Crippen LogP contribution >= 0.6 is 0 Å². The van der Waals surface area contributed by atoms with Gasteiger partial charge in [-0.1, -0.05) is 34.6 Å². The zero-order valence-electron chi connectivity index (χ0n) is 20.6. The second-order valence-electron chi connectivity index (χ2n) is 10.2. The molecule has 0 radical (unpaired) electrons. The summed E-state index contributed by atoms with van der Waals surface area (Å²) in [5, 5.41) is 5.67. The van der Waals surface area contributed by atoms with Gasteiger partial charge in [0.15, 0.2) is 0 Å². The van der Waals surface area contributed by atoms with Gasteiger partial charge >= 0.3 is 6.03 Å². The summed E-state index contributed by atoms with van der Waals surface area (Å²) in [4.78, 5) is 41.7. The molecule has 1 aliphatic carbocycles. The van der Waals surface area contributed by atoms with Crippen LogP contribution in [0.5, 0.6) is 5.75 Å². The quantitative estimate of drug-likeness (QED) is 0.553. The van der Waals surface area contributed by atoms with Gasteiger partial charge in [0.05, 0.1) is 0 Å². The lowest BCUT2D eigenvalue weighted by atomic mass is 9.64. The maximum atomic E-state index is 13.2. The Morgan fingerprint density at radius 1 is 1.18 bits per heavy atom. The second-order valence-corrected chi connectivity index (χ2v) is 10.2. The second kappa shape index (κ2) is 10.1. The monoisotopic (exact) mass is 458 g/mol. The number of hydrogen-bond acceptors (Lipinski definition) is 5. The highest BCUT2D eigenvalue weighted by Crippen LogP contribution is 2.46. The van der Waals surface area contributed by atoms with Crippen LogP contribution in [-0.2, 0) is 9.59 Å². The van der Waals surface area contributed by atoms with Crippen LogP contribution in [0.1, 0.15) is 53.9 Å². The van der Waals surface area contributed by atoms with E-state index in [1.165, 1.54) is 0 Å². The summed E-state index contributed by atoms with van der Waals surface area (Å²) in [5.74, 6) is 0.345. The molecule has 1 aromatic carbocycles. The number of anilines is 1. The average molecular weight is 459 g/mol. The predicted molar refractivity (Wildman–Crippen MR) is 128 cm³/mol. The van der Waals surface area contributed by atoms with Gasteiger partial charge in [0.25, 0.3) is 5.91 Å². The lowest BCUT2D eigenvalue weighted by Gasteiger charge is -2.43. The first kappa shape index (κ1) is 25.0. The van der Waals surface area contributed by atoms with Gasteiger partial charge in [0, 0.05) is 12.2 Å². The van der Waals surface area contributed by atoms with Crippen LogP contribution in [0.15, 0.2) is 24.3 Å². The summed E-state index contributed by atoms with van der Waals surface area (Å²) in [6.45, 7) is 13.7. The van der Waals surface area contributed by atoms with E-state index in [0.717, 1.165) is 36.7 Å². The van der Waals surface area contributed by atoms with Gasteiger partial charge in [-0.2, -0.15) is 0 Å². The van der Waals surface area contributed by atoms with E-state index in [1.807, 2.05) is 0 Å². The van der Waals surface area contributed by atoms with E-state index in [9.17, 15) is 14.4 Å². The Bertz CT molecular complexity index is 866. The molecule has 1 aromatic rings. The molecule has 0 bridgehead atoms. The Morgan fingerprint density at radius 2 is 1.85 bits per heavy atom. The zero-order valence-corrected chi connectivity index (χ0v) is 20.6. The number of benzene rings is 1. The number of likely N-dealkylation sites (N-methyl/N-ethyl adjacent to an activating group) is 1. The van der Waals surface area contributed by atoms with Crippen LogP contribution < -0.4 is 15.4 Å². The molecule has 182 valence electrons. The number of hydrogen-bond donors (Lipinski definition) is 2. The van der Waals surface area contributed by atoms with Crippen LogP contribution in [0.2, 0.25) is 0 Å². The summed E-state index contributed by atoms with van der Waals surface area (Å²) in [6, 6.07) is 6.61. The van der Waals surface area contributed by atoms with E-state index in [0.29, 0.717) is 31.1 Å². The Morgan fingerprint density at radius 3 is 2.45 bits per heavy atom. The Kier molecular flexibility index (Phi) is 7.67. The highest BCUT2D eigenvalue weighted by Gasteiger charge is 2.56. The lowest BCUT2D eigenvalue weighted by Crippen LogP contribution is -2.54. The molecule has 8 nitrogen and oxygen atoms in total. The first-order valence-electron chi connectivity index (χ1n) is 12.0. The summed E-state index contributed by atoms with van der Waals surface area (Å²) in [7, 11) is 0. The number of carbonyl (C=O) groups is 3. The van der Waals surface area contributed by atoms with Gasteiger partial charge in [0.1, 0.15) is 24.4 Å². The molecule has 1 spiro atoms. The Labute approximate surface area is 197 Å². The minimum atomic E-state index is -0.900. The molecular weight excluding hydrogens is 420 g/mol. The molecule has 8 heteroatoms. The summed E-state index contributed by atoms with van der Waals surface area (Å²) in [5.41, 5.74) is -0.359. The highest BCUT2D eigenvalue weighted by molar-refractivity contribution is 6.10. The summed E-state index contributed by atoms with van der Waals surface area (Å²) < 4.78 is 5.76. The van der Waals surface area contributed by atoms with Crippen LogP contribution in [0.4, 0.5) is 10.5 Å². The number of imide groups is 1. The van der Waals surface area contributed by atoms with Crippen molar-refractivity contribution in [1.29, 1.82) is 0 Å². The number of rotatable bonds is 9. The number of nitrogens with zero attached hydrogens (tertiary/aromatic N) is 2. The smallest absolute Gasteiger partial charge is 0.325 e. The van der Waals surface area contributed by atoms with Gasteiger partial charge < -0.3 is 20.3 Å². The van der Waals surface area contributed by atoms with Crippen LogP contribution in [-0.4, -0.2) is 66.0 Å². The first-order valence-corrected chi connectivity index (χ1v) is 12.0. The number of carbonyl (C=O) groups excluding carboxylic acids is 3. The summed E-state index contributed by atoms with van der Waals surface area (Å²) >= 11 is 0. The number of urea groups is 1. The third kappa shape index (κ3) is 6.05. The van der Waals surface area contributed by atoms with Crippen molar-refractivity contribution in [3.63, 3.8) is 0 Å². The molecule has 1 heterocycles. The molecule has 2 atom stereocenters. The predicted octanol–water partition coefficient (Wildman–Crippen LogP) is 3.48. The zero-order chi connectivity index (χ0) is 24.2. The fourth-order valence-corrected chi connectivity index (χ4v) is 5.46. The average Bonchev–Trinajstić information content (AvgIpc) is 2.94. The van der Waals surface area contributed by atoms with Gasteiger partial charge in [-0.15, -0.1) is 0 Å². The van der Waals surface area contributed by atoms with Crippen molar-refractivity contribution in [1.82, 2.24) is 15.1 Å². The Hall–Kier alpha value is -2.61. The van der Waals surface area contributed by atoms with Crippen molar-refractivity contribution in [3.8, 4) is 5.75 Å². The van der Waals surface area contributed by atoms with Crippen LogP contribution in [0.3, 0.4) is 0 Å². The fraction of sp³-hybridized carbons (Fsp3) is 0.640. The minimum Gasteiger partial charge on any atom is -0.492 e. The maximum Gasteiger partial charge on any atom is 0.325 e. The van der Waals surface area contributed by atoms with Crippen molar-refractivity contribution in [3.05, 3.63) is 24.3 Å². The van der Waals surface area contributed by atoms with Gasteiger partial charge in [-0.3, -0.25) is 14.5 Å². The molecular formula is C25H38N4O4. The molecule has 1 aliphatic heterocycles.